The number of nitrogens with one attached hydrogen (secondary N) is 1. The predicted octanol–water partition coefficient (Wildman–Crippen LogP) is 3.78. The number of aromatic carboxylic acids is 1. The molecule has 2 N–H and O–H groups in total. The van der Waals surface area contributed by atoms with Crippen molar-refractivity contribution in [1.29, 1.82) is 0 Å². The Morgan fingerprint density at radius 3 is 2.59 bits per heavy atom. The van der Waals surface area contributed by atoms with E-state index in [1.807, 2.05) is 0 Å². The first-order chi connectivity index (χ1) is 15.5. The number of hydrogen-bond acceptors (Lipinski definition) is 6. The summed E-state index contributed by atoms with van der Waals surface area (Å²) in [6.07, 6.45) is 1.15. The van der Waals surface area contributed by atoms with E-state index in [4.69, 9.17) is 19.3 Å². The molecular weight excluding hydrogens is 419 g/mol. The third-order valence-corrected chi connectivity index (χ3v) is 4.29. The molecule has 0 bridgehead atoms. The Morgan fingerprint density at radius 1 is 1.06 bits per heavy atom. The molecule has 0 saturated carbocycles. The summed E-state index contributed by atoms with van der Waals surface area (Å²) in [5.41, 5.74) is 0.820. The van der Waals surface area contributed by atoms with Crippen LogP contribution in [0.5, 0.6) is 11.5 Å². The number of halogens is 1. The monoisotopic (exact) mass is 440 g/mol. The van der Waals surface area contributed by atoms with Gasteiger partial charge in [0.15, 0.2) is 0 Å². The van der Waals surface area contributed by atoms with Gasteiger partial charge in [0.25, 0.3) is 5.91 Å². The van der Waals surface area contributed by atoms with Crippen molar-refractivity contribution in [1.82, 2.24) is 4.98 Å². The summed E-state index contributed by atoms with van der Waals surface area (Å²) in [6.45, 7) is 0.670. The van der Waals surface area contributed by atoms with Gasteiger partial charge in [0.2, 0.25) is 0 Å². The number of carboxylic acids is 1. The van der Waals surface area contributed by atoms with Crippen molar-refractivity contribution in [3.63, 3.8) is 0 Å². The maximum atomic E-state index is 13.4. The zero-order chi connectivity index (χ0) is 22.9. The highest BCUT2D eigenvalue weighted by molar-refractivity contribution is 6.06. The van der Waals surface area contributed by atoms with Crippen LogP contribution < -0.4 is 14.8 Å². The lowest BCUT2D eigenvalue weighted by molar-refractivity contribution is 0.0696. The first-order valence-electron chi connectivity index (χ1n) is 9.60. The average molecular weight is 440 g/mol. The lowest BCUT2D eigenvalue weighted by Crippen LogP contribution is -2.16. The molecule has 32 heavy (non-hydrogen) atoms. The smallest absolute Gasteiger partial charge is 0.337 e. The van der Waals surface area contributed by atoms with E-state index in [9.17, 15) is 14.0 Å². The molecule has 0 spiro atoms. The SMILES string of the molecule is COCCOc1ccc(OCc2cccc(F)c2)cc1C(=O)Nc1ccc(C(=O)O)cn1. The molecule has 9 heteroatoms. The largest absolute Gasteiger partial charge is 0.490 e. The highest BCUT2D eigenvalue weighted by atomic mass is 19.1. The summed E-state index contributed by atoms with van der Waals surface area (Å²) in [5.74, 6) is -1.15. The summed E-state index contributed by atoms with van der Waals surface area (Å²) >= 11 is 0. The van der Waals surface area contributed by atoms with Gasteiger partial charge in [0.1, 0.15) is 36.3 Å². The van der Waals surface area contributed by atoms with Gasteiger partial charge in [-0.05, 0) is 48.0 Å². The number of amides is 1. The molecule has 3 aromatic rings. The molecule has 1 aromatic heterocycles. The highest BCUT2D eigenvalue weighted by Gasteiger charge is 2.16. The second-order valence-corrected chi connectivity index (χ2v) is 6.61. The number of carbonyl (C=O) groups excluding carboxylic acids is 1. The predicted molar refractivity (Wildman–Crippen MR) is 114 cm³/mol. The summed E-state index contributed by atoms with van der Waals surface area (Å²) in [4.78, 5) is 27.8. The van der Waals surface area contributed by atoms with Crippen LogP contribution in [0.1, 0.15) is 26.3 Å². The number of anilines is 1. The van der Waals surface area contributed by atoms with Crippen molar-refractivity contribution in [2.24, 2.45) is 0 Å². The van der Waals surface area contributed by atoms with Crippen LogP contribution in [-0.4, -0.2) is 42.3 Å². The Balaban J connectivity index is 1.78. The first kappa shape index (κ1) is 22.7. The van der Waals surface area contributed by atoms with Crippen molar-refractivity contribution in [3.05, 3.63) is 83.3 Å². The van der Waals surface area contributed by atoms with Crippen molar-refractivity contribution in [2.45, 2.75) is 6.61 Å². The second kappa shape index (κ2) is 10.9. The van der Waals surface area contributed by atoms with Crippen LogP contribution in [0, 0.1) is 5.82 Å². The van der Waals surface area contributed by atoms with Gasteiger partial charge in [-0.3, -0.25) is 4.79 Å². The molecule has 0 aliphatic rings. The lowest BCUT2D eigenvalue weighted by Gasteiger charge is -2.14. The van der Waals surface area contributed by atoms with Gasteiger partial charge < -0.3 is 24.6 Å². The molecule has 1 heterocycles. The number of aromatic nitrogens is 1. The molecule has 8 nitrogen and oxygen atoms in total. The van der Waals surface area contributed by atoms with E-state index < -0.39 is 11.9 Å². The summed E-state index contributed by atoms with van der Waals surface area (Å²) in [7, 11) is 1.53. The van der Waals surface area contributed by atoms with Gasteiger partial charge in [-0.2, -0.15) is 0 Å². The van der Waals surface area contributed by atoms with E-state index in [-0.39, 0.29) is 36.0 Å². The van der Waals surface area contributed by atoms with E-state index in [1.165, 1.54) is 37.4 Å². The van der Waals surface area contributed by atoms with E-state index >= 15 is 0 Å². The number of nitrogens with zero attached hydrogens (tertiary/aromatic N) is 1. The van der Waals surface area contributed by atoms with Crippen LogP contribution in [0.25, 0.3) is 0 Å². The van der Waals surface area contributed by atoms with Crippen molar-refractivity contribution < 1.29 is 33.3 Å². The Labute approximate surface area is 183 Å². The number of carboxylic acid groups (broad SMARTS) is 1. The Hall–Kier alpha value is -3.98. The van der Waals surface area contributed by atoms with Crippen molar-refractivity contribution >= 4 is 17.7 Å². The fourth-order valence-corrected chi connectivity index (χ4v) is 2.71. The molecule has 0 unspecified atom stereocenters. The Bertz CT molecular complexity index is 1090. The van der Waals surface area contributed by atoms with E-state index in [1.54, 1.807) is 24.3 Å². The quantitative estimate of drug-likeness (QED) is 0.462. The second-order valence-electron chi connectivity index (χ2n) is 6.61. The zero-order valence-corrected chi connectivity index (χ0v) is 17.2. The van der Waals surface area contributed by atoms with Gasteiger partial charge in [-0.15, -0.1) is 0 Å². The van der Waals surface area contributed by atoms with Crippen LogP contribution in [0.15, 0.2) is 60.8 Å². The van der Waals surface area contributed by atoms with Gasteiger partial charge in [-0.1, -0.05) is 12.1 Å². The molecule has 1 amide bonds. The molecule has 2 aromatic carbocycles. The number of methoxy groups -OCH3 is 1. The minimum Gasteiger partial charge on any atom is -0.490 e. The van der Waals surface area contributed by atoms with Crippen LogP contribution in [0.3, 0.4) is 0 Å². The molecule has 0 aliphatic heterocycles. The topological polar surface area (TPSA) is 107 Å². The molecule has 0 aliphatic carbocycles. The van der Waals surface area contributed by atoms with Crippen molar-refractivity contribution in [3.8, 4) is 11.5 Å². The van der Waals surface area contributed by atoms with E-state index in [0.717, 1.165) is 6.20 Å². The highest BCUT2D eigenvalue weighted by Crippen LogP contribution is 2.26. The van der Waals surface area contributed by atoms with Gasteiger partial charge >= 0.3 is 5.97 Å². The average Bonchev–Trinajstić information content (AvgIpc) is 2.79. The third kappa shape index (κ3) is 6.26. The number of hydrogen-bond donors (Lipinski definition) is 2. The van der Waals surface area contributed by atoms with Crippen LogP contribution in [0.2, 0.25) is 0 Å². The van der Waals surface area contributed by atoms with Crippen molar-refractivity contribution in [2.75, 3.05) is 25.6 Å². The molecule has 166 valence electrons. The van der Waals surface area contributed by atoms with Crippen LogP contribution >= 0.6 is 0 Å². The standard InChI is InChI=1S/C23H21FN2O6/c1-30-9-10-31-20-7-6-18(32-14-15-3-2-4-17(24)11-15)12-19(20)22(27)26-21-8-5-16(13-25-21)23(28)29/h2-8,11-13H,9-10,14H2,1H3,(H,28,29)(H,25,26,27). The number of carbonyl (C=O) groups is 2. The van der Waals surface area contributed by atoms with Gasteiger partial charge in [0.05, 0.1) is 17.7 Å². The molecular formula is C23H21FN2O6. The third-order valence-electron chi connectivity index (χ3n) is 4.29. The normalized spacial score (nSPS) is 10.4. The Morgan fingerprint density at radius 2 is 1.91 bits per heavy atom. The first-order valence-corrected chi connectivity index (χ1v) is 9.60. The summed E-state index contributed by atoms with van der Waals surface area (Å²) in [6, 6.07) is 13.5. The number of ether oxygens (including phenoxy) is 3. The zero-order valence-electron chi connectivity index (χ0n) is 17.2. The molecule has 0 atom stereocenters. The minimum absolute atomic E-state index is 0.000618. The molecule has 0 radical (unpaired) electrons. The molecule has 0 fully saturated rings. The van der Waals surface area contributed by atoms with Crippen LogP contribution in [-0.2, 0) is 11.3 Å². The van der Waals surface area contributed by atoms with Gasteiger partial charge in [-0.25, -0.2) is 14.2 Å². The minimum atomic E-state index is -1.12. The number of pyridine rings is 1. The maximum absolute atomic E-state index is 13.4. The van der Waals surface area contributed by atoms with Crippen LogP contribution in [0.4, 0.5) is 10.2 Å². The van der Waals surface area contributed by atoms with Gasteiger partial charge in [0, 0.05) is 13.3 Å². The Kier molecular flexibility index (Phi) is 7.71. The maximum Gasteiger partial charge on any atom is 0.337 e. The lowest BCUT2D eigenvalue weighted by atomic mass is 10.1. The number of rotatable bonds is 10. The summed E-state index contributed by atoms with van der Waals surface area (Å²) in [5, 5.41) is 11.6. The van der Waals surface area contributed by atoms with E-state index in [0.29, 0.717) is 23.7 Å². The fourth-order valence-electron chi connectivity index (χ4n) is 2.71. The number of benzene rings is 2. The fraction of sp³-hybridized carbons (Fsp3) is 0.174. The molecule has 3 rings (SSSR count). The summed E-state index contributed by atoms with van der Waals surface area (Å²) < 4.78 is 29.7. The molecule has 0 saturated heterocycles. The van der Waals surface area contributed by atoms with E-state index in [2.05, 4.69) is 10.3 Å².